The molecule has 4 aliphatic carbocycles. The van der Waals surface area contributed by atoms with Gasteiger partial charge in [-0.3, -0.25) is 29.1 Å². The molecule has 0 spiro atoms. The molecule has 63 heavy (non-hydrogen) atoms. The number of carboxylic acid groups (broad SMARTS) is 1. The second-order valence-electron chi connectivity index (χ2n) is 17.1. The van der Waals surface area contributed by atoms with Crippen molar-refractivity contribution in [2.24, 2.45) is 23.7 Å². The van der Waals surface area contributed by atoms with Crippen molar-refractivity contribution in [2.45, 2.75) is 124 Å². The van der Waals surface area contributed by atoms with E-state index in [-0.39, 0.29) is 91.9 Å². The van der Waals surface area contributed by atoms with Crippen LogP contribution in [0.2, 0.25) is 0 Å². The predicted molar refractivity (Wildman–Crippen MR) is 249 cm³/mol. The predicted octanol–water partition coefficient (Wildman–Crippen LogP) is 8.52. The molecule has 8 atom stereocenters. The number of carbonyl (C=O) groups excluding carboxylic acids is 3. The zero-order valence-electron chi connectivity index (χ0n) is 38.6. The number of ether oxygens (including phenoxy) is 2. The van der Waals surface area contributed by atoms with Crippen LogP contribution >= 0.6 is 11.8 Å². The van der Waals surface area contributed by atoms with E-state index in [1.54, 1.807) is 26.0 Å². The Morgan fingerprint density at radius 3 is 1.57 bits per heavy atom. The number of amides is 1. The standard InChI is InChI=1S/C24H28N2O3.C17H19NO3.C7H10ClNO.CH4.BH2.U/c1-5-18-13-24(18,16(4)27)26-23(28)17-7-8-19(12-17)29-22-11-15(3)25-21-10-14(2)6-9-20(21)22;1-10-3-6-14-15(7-10)18-11(2)8-16(14)21-13-5-4-12(9-13)17(19)20;1-3-6-4-7(6,9-8)5(2)10;;;/h5-6,9-11,17-19H,1,7-8,12-13H2,2-4H3,(H,26,28);3,6-8,12-13H,4-5,9H2,1-2H3,(H,19,20);3,6,9H,1,4H2,2H3;1H4;1H2;/t17-,18-,19-,24-;12?,13-;6?,7-;;;/m000.../s1/i;;;;1T2;. The molecule has 0 saturated heterocycles. The topological polar surface area (TPSA) is 157 Å². The van der Waals surface area contributed by atoms with Gasteiger partial charge in [-0.2, -0.15) is 0 Å². The minimum Gasteiger partial charge on any atom is -0.490 e. The third-order valence-corrected chi connectivity index (χ3v) is 12.9. The fourth-order valence-electron chi connectivity index (χ4n) is 8.66. The van der Waals surface area contributed by atoms with Gasteiger partial charge in [-0.1, -0.05) is 31.7 Å². The molecule has 2 aromatic heterocycles. The van der Waals surface area contributed by atoms with E-state index in [9.17, 15) is 19.2 Å². The minimum absolute atomic E-state index is 0. The largest absolute Gasteiger partial charge is 0.490 e. The van der Waals surface area contributed by atoms with Crippen LogP contribution in [0, 0.1) is 82.5 Å². The minimum atomic E-state index is -0.728. The van der Waals surface area contributed by atoms with Gasteiger partial charge in [0.25, 0.3) is 0 Å². The molecule has 4 aliphatic rings. The number of rotatable bonds is 12. The van der Waals surface area contributed by atoms with Gasteiger partial charge >= 0.3 is 5.97 Å². The summed E-state index contributed by atoms with van der Waals surface area (Å²) in [4.78, 5) is 58.5. The molecule has 1 amide bonds. The van der Waals surface area contributed by atoms with Crippen LogP contribution in [0.25, 0.3) is 21.8 Å². The molecule has 8 rings (SSSR count). The van der Waals surface area contributed by atoms with Crippen LogP contribution in [0.15, 0.2) is 73.8 Å². The number of Topliss-reactive ketones (excluding diaryl/α,β-unsaturated/α-hetero) is 2. The first-order chi connectivity index (χ1) is 29.9. The molecular weight excluding hydrogens is 1040 g/mol. The van der Waals surface area contributed by atoms with Crippen molar-refractivity contribution in [3.63, 3.8) is 0 Å². The number of hydrogen-bond acceptors (Lipinski definition) is 9. The van der Waals surface area contributed by atoms with Gasteiger partial charge in [-0.15, -0.1) is 13.2 Å². The van der Waals surface area contributed by atoms with E-state index in [1.165, 1.54) is 5.56 Å². The summed E-state index contributed by atoms with van der Waals surface area (Å²) >= 11 is 5.41. The first-order valence-electron chi connectivity index (χ1n) is 22.0. The summed E-state index contributed by atoms with van der Waals surface area (Å²) in [5.41, 5.74) is 4.80. The number of nitrogens with one attached hydrogen (secondary N) is 2. The monoisotopic (exact) mass is 1110 g/mol. The quantitative estimate of drug-likeness (QED) is 0.0714. The molecule has 335 valence electrons. The summed E-state index contributed by atoms with van der Waals surface area (Å²) in [6.45, 7) is 18.5. The average Bonchev–Trinajstić information content (AvgIpc) is 4.00. The molecule has 0 bridgehead atoms. The van der Waals surface area contributed by atoms with Crippen LogP contribution in [-0.4, -0.2) is 72.8 Å². The molecule has 4 saturated carbocycles. The maximum Gasteiger partial charge on any atom is 0.306 e. The third-order valence-electron chi connectivity index (χ3n) is 12.6. The number of halogens is 1. The Bertz CT molecular complexity index is 2370. The maximum absolute atomic E-state index is 12.8. The normalized spacial score (nSPS) is 26.3. The van der Waals surface area contributed by atoms with E-state index in [0.29, 0.717) is 34.0 Å². The molecule has 2 aromatic carbocycles. The Labute approximate surface area is 405 Å². The van der Waals surface area contributed by atoms with Gasteiger partial charge in [-0.25, -0.2) is 4.84 Å². The number of fused-ring (bicyclic) bond motifs is 2. The molecule has 11 nitrogen and oxygen atoms in total. The van der Waals surface area contributed by atoms with Crippen molar-refractivity contribution in [1.82, 2.24) is 20.1 Å². The molecule has 1 radical (unpaired) electrons. The summed E-state index contributed by atoms with van der Waals surface area (Å²) in [7, 11) is 0.500. The Balaban J connectivity index is 0.000000272. The second-order valence-corrected chi connectivity index (χ2v) is 17.3. The number of carbonyl (C=O) groups is 4. The molecule has 4 fully saturated rings. The van der Waals surface area contributed by atoms with Crippen molar-refractivity contribution < 1.29 is 64.9 Å². The Morgan fingerprint density at radius 1 is 0.778 bits per heavy atom. The number of benzene rings is 2. The molecule has 14 heteroatoms. The molecule has 4 aromatic rings. The van der Waals surface area contributed by atoms with Gasteiger partial charge in [0.15, 0.2) is 11.6 Å². The number of ketones is 2. The molecule has 2 unspecified atom stereocenters. The van der Waals surface area contributed by atoms with Crippen molar-refractivity contribution >= 4 is 65.4 Å². The van der Waals surface area contributed by atoms with E-state index < -0.39 is 17.0 Å². The third kappa shape index (κ3) is 12.2. The van der Waals surface area contributed by atoms with Crippen molar-refractivity contribution in [3.8, 4) is 11.5 Å². The summed E-state index contributed by atoms with van der Waals surface area (Å²) in [6, 6.07) is 16.2. The fourth-order valence-corrected chi connectivity index (χ4v) is 9.01. The van der Waals surface area contributed by atoms with E-state index in [2.05, 4.69) is 52.3 Å². The van der Waals surface area contributed by atoms with Gasteiger partial charge < -0.3 is 19.9 Å². The van der Waals surface area contributed by atoms with Crippen LogP contribution in [-0.2, 0) is 19.2 Å². The second kappa shape index (κ2) is 22.3. The number of carboxylic acids is 1. The van der Waals surface area contributed by atoms with E-state index in [0.717, 1.165) is 75.9 Å². The molecular formula is C49H63BClN4O7U. The zero-order chi connectivity index (χ0) is 46.2. The SMILES string of the molecule is C.C=CC1C[C@]1(NCl)C(C)=O.C=C[C@H]1C[C@]1(NC(=O)[C@H]1CC[C@H](Oc2cc(C)nc3cc(C)ccc23)C1)C(C)=O.Cc1ccc2c(O[C@H]3CCC(C(=O)O)C3)cc(C)nc2c1.[3H][B][3H].[U]. The number of aliphatic carboxylic acids is 1. The van der Waals surface area contributed by atoms with Crippen LogP contribution in [0.1, 0.15) is 95.2 Å². The van der Waals surface area contributed by atoms with Gasteiger partial charge in [0.05, 0.1) is 43.0 Å². The molecule has 0 aliphatic heterocycles. The smallest absolute Gasteiger partial charge is 0.306 e. The molecule has 2 heterocycles. The van der Waals surface area contributed by atoms with Crippen LogP contribution in [0.5, 0.6) is 11.5 Å². The number of aromatic nitrogens is 2. The number of hydrogen-bond donors (Lipinski definition) is 3. The Kier molecular flexibility index (Phi) is 17.7. The zero-order valence-corrected chi connectivity index (χ0v) is 41.5. The van der Waals surface area contributed by atoms with E-state index in [4.69, 9.17) is 29.0 Å². The van der Waals surface area contributed by atoms with Gasteiger partial charge in [0, 0.05) is 83.2 Å². The number of aryl methyl sites for hydroxylation is 4. The van der Waals surface area contributed by atoms with Crippen LogP contribution in [0.4, 0.5) is 0 Å². The van der Waals surface area contributed by atoms with E-state index >= 15 is 0 Å². The summed E-state index contributed by atoms with van der Waals surface area (Å²) in [6.07, 6.45) is 9.27. The number of pyridine rings is 2. The number of nitrogens with zero attached hydrogens (tertiary/aromatic N) is 2. The van der Waals surface area contributed by atoms with Crippen LogP contribution in [0.3, 0.4) is 0 Å². The van der Waals surface area contributed by atoms with Gasteiger partial charge in [0.2, 0.25) is 5.91 Å². The Morgan fingerprint density at radius 2 is 1.21 bits per heavy atom. The average molecular weight is 1110 g/mol. The van der Waals surface area contributed by atoms with Crippen molar-refractivity contribution in [3.05, 3.63) is 96.4 Å². The van der Waals surface area contributed by atoms with Gasteiger partial charge in [0.1, 0.15) is 17.0 Å². The van der Waals surface area contributed by atoms with Crippen LogP contribution < -0.4 is 19.6 Å². The first kappa shape index (κ1) is 50.0. The summed E-state index contributed by atoms with van der Waals surface area (Å²) in [5, 5.41) is 14.1. The molecule has 3 N–H and O–H groups in total. The maximum atomic E-state index is 12.8. The van der Waals surface area contributed by atoms with E-state index in [1.807, 2.05) is 57.2 Å². The Hall–Kier alpha value is -4.01. The van der Waals surface area contributed by atoms with Crippen molar-refractivity contribution in [1.29, 1.82) is 2.67 Å². The van der Waals surface area contributed by atoms with Gasteiger partial charge in [-0.05, 0) is 143 Å². The van der Waals surface area contributed by atoms with Crippen molar-refractivity contribution in [2.75, 3.05) is 0 Å². The summed E-state index contributed by atoms with van der Waals surface area (Å²) in [5.74, 6) is 0.860. The summed E-state index contributed by atoms with van der Waals surface area (Å²) < 4.78 is 23.9. The first-order valence-corrected chi connectivity index (χ1v) is 21.2. The fraction of sp³-hybridized carbons (Fsp3) is 0.469.